The molecule has 1 aromatic heterocycles. The highest BCUT2D eigenvalue weighted by molar-refractivity contribution is 6.10. The van der Waals surface area contributed by atoms with Gasteiger partial charge in [0.1, 0.15) is 11.3 Å². The zero-order valence-electron chi connectivity index (χ0n) is 27.8. The quantitative estimate of drug-likeness (QED) is 0.266. The second-order valence-electron chi connectivity index (χ2n) is 13.4. The van der Waals surface area contributed by atoms with Crippen LogP contribution in [0.25, 0.3) is 10.9 Å². The zero-order valence-corrected chi connectivity index (χ0v) is 27.8. The van der Waals surface area contributed by atoms with Gasteiger partial charge in [0.15, 0.2) is 11.6 Å². The number of aromatic carboxylic acids is 1. The van der Waals surface area contributed by atoms with Gasteiger partial charge in [-0.3, -0.25) is 9.59 Å². The van der Waals surface area contributed by atoms with Crippen LogP contribution in [0.5, 0.6) is 0 Å². The smallest absolute Gasteiger partial charge is 0.341 e. The number of benzene rings is 3. The van der Waals surface area contributed by atoms with Crippen molar-refractivity contribution in [1.29, 1.82) is 0 Å². The zero-order chi connectivity index (χ0) is 34.6. The first-order valence-electron chi connectivity index (χ1n) is 16.8. The average Bonchev–Trinajstić information content (AvgIpc) is 3.93. The Morgan fingerprint density at radius 2 is 1.49 bits per heavy atom. The molecule has 3 aliphatic rings. The standard InChI is InChI=1S/C37H40F2N6O4/c1-22-9-7-8-12-28(22)41-15-17-43(18-16-41)45-23(2)19-42(20-24(45)3)34-30(38)32(40-36(47)25-10-5-4-6-11-25)29-33(31(34)39)44(26-13-14-26)21-27(35(29)46)37(48)49/h4-12,21,23-24,26H,13-20H2,1-3H3,(H,40,47)(H,48,49). The minimum absolute atomic E-state index is 0.120. The SMILES string of the molecule is Cc1ccccc1N1CCN(N2C(C)CN(c3c(F)c(NC(=O)c4ccccc4)c4c(=O)c(C(=O)O)cn(C5CC5)c4c3F)CC2C)CC1. The Kier molecular flexibility index (Phi) is 8.62. The highest BCUT2D eigenvalue weighted by Gasteiger charge is 2.39. The van der Waals surface area contributed by atoms with E-state index in [1.165, 1.54) is 28.0 Å². The maximum atomic E-state index is 16.9. The molecular weight excluding hydrogens is 630 g/mol. The Labute approximate surface area is 283 Å². The monoisotopic (exact) mass is 670 g/mol. The number of para-hydroxylation sites is 1. The van der Waals surface area contributed by atoms with Crippen LogP contribution in [-0.4, -0.2) is 82.9 Å². The van der Waals surface area contributed by atoms with Crippen LogP contribution in [0.1, 0.15) is 59.0 Å². The van der Waals surface area contributed by atoms with Crippen molar-refractivity contribution in [3.8, 4) is 0 Å². The summed E-state index contributed by atoms with van der Waals surface area (Å²) in [5.74, 6) is -4.25. The number of aryl methyl sites for hydroxylation is 1. The molecule has 256 valence electrons. The van der Waals surface area contributed by atoms with E-state index < -0.39 is 45.6 Å². The van der Waals surface area contributed by atoms with Crippen molar-refractivity contribution in [1.82, 2.24) is 14.6 Å². The second kappa shape index (κ2) is 12.9. The molecular formula is C37H40F2N6O4. The summed E-state index contributed by atoms with van der Waals surface area (Å²) in [6, 6.07) is 15.9. The van der Waals surface area contributed by atoms with Gasteiger partial charge in [-0.25, -0.2) is 23.6 Å². The van der Waals surface area contributed by atoms with E-state index in [4.69, 9.17) is 0 Å². The van der Waals surface area contributed by atoms with E-state index in [0.29, 0.717) is 12.8 Å². The first kappa shape index (κ1) is 32.7. The molecule has 2 saturated heterocycles. The molecule has 4 aromatic rings. The predicted molar refractivity (Wildman–Crippen MR) is 186 cm³/mol. The summed E-state index contributed by atoms with van der Waals surface area (Å²) in [4.78, 5) is 43.2. The van der Waals surface area contributed by atoms with E-state index in [1.54, 1.807) is 23.1 Å². The molecule has 2 unspecified atom stereocenters. The number of carboxylic acid groups (broad SMARTS) is 1. The van der Waals surface area contributed by atoms with Gasteiger partial charge in [0, 0.05) is 74.8 Å². The van der Waals surface area contributed by atoms with Crippen LogP contribution in [0.2, 0.25) is 0 Å². The molecule has 2 N–H and O–H groups in total. The number of hydrogen-bond acceptors (Lipinski definition) is 7. The van der Waals surface area contributed by atoms with Gasteiger partial charge in [-0.1, -0.05) is 36.4 Å². The number of carbonyl (C=O) groups excluding carboxylic acids is 1. The highest BCUT2D eigenvalue weighted by Crippen LogP contribution is 2.43. The van der Waals surface area contributed by atoms with Crippen molar-refractivity contribution in [3.63, 3.8) is 0 Å². The molecule has 2 atom stereocenters. The largest absolute Gasteiger partial charge is 0.477 e. The normalized spacial score (nSPS) is 20.5. The number of aromatic nitrogens is 1. The van der Waals surface area contributed by atoms with Gasteiger partial charge in [0.05, 0.1) is 16.6 Å². The van der Waals surface area contributed by atoms with Crippen molar-refractivity contribution in [2.45, 2.75) is 51.7 Å². The minimum atomic E-state index is -1.51. The van der Waals surface area contributed by atoms with Crippen molar-refractivity contribution < 1.29 is 23.5 Å². The first-order valence-corrected chi connectivity index (χ1v) is 16.8. The number of nitrogens with one attached hydrogen (secondary N) is 1. The van der Waals surface area contributed by atoms with Crippen LogP contribution in [-0.2, 0) is 0 Å². The molecule has 0 bridgehead atoms. The lowest BCUT2D eigenvalue weighted by atomic mass is 10.0. The van der Waals surface area contributed by atoms with Crippen LogP contribution in [0.4, 0.5) is 25.8 Å². The van der Waals surface area contributed by atoms with E-state index in [-0.39, 0.29) is 48.0 Å². The Hall–Kier alpha value is -4.81. The molecule has 49 heavy (non-hydrogen) atoms. The van der Waals surface area contributed by atoms with E-state index in [2.05, 4.69) is 45.4 Å². The van der Waals surface area contributed by atoms with E-state index in [0.717, 1.165) is 32.4 Å². The molecule has 12 heteroatoms. The van der Waals surface area contributed by atoms with Crippen LogP contribution < -0.4 is 20.5 Å². The van der Waals surface area contributed by atoms with E-state index in [9.17, 15) is 19.5 Å². The number of carbonyl (C=O) groups is 2. The summed E-state index contributed by atoms with van der Waals surface area (Å²) in [5, 5.41) is 16.6. The third-order valence-corrected chi connectivity index (χ3v) is 10.0. The molecule has 1 amide bonds. The van der Waals surface area contributed by atoms with Crippen molar-refractivity contribution in [2.24, 2.45) is 0 Å². The fourth-order valence-corrected chi connectivity index (χ4v) is 7.63. The summed E-state index contributed by atoms with van der Waals surface area (Å²) >= 11 is 0. The van der Waals surface area contributed by atoms with Gasteiger partial charge in [-0.15, -0.1) is 0 Å². The van der Waals surface area contributed by atoms with Gasteiger partial charge >= 0.3 is 5.97 Å². The Morgan fingerprint density at radius 3 is 2.10 bits per heavy atom. The van der Waals surface area contributed by atoms with Crippen LogP contribution >= 0.6 is 0 Å². The summed E-state index contributed by atoms with van der Waals surface area (Å²) < 4.78 is 35.3. The maximum Gasteiger partial charge on any atom is 0.341 e. The van der Waals surface area contributed by atoms with E-state index in [1.807, 2.05) is 19.9 Å². The summed E-state index contributed by atoms with van der Waals surface area (Å²) in [5.41, 5.74) is -0.0538. The number of piperazine rings is 2. The first-order chi connectivity index (χ1) is 23.5. The fraction of sp³-hybridized carbons (Fsp3) is 0.378. The van der Waals surface area contributed by atoms with Gasteiger partial charge in [-0.2, -0.15) is 0 Å². The van der Waals surface area contributed by atoms with Crippen molar-refractivity contribution in [3.05, 3.63) is 99.3 Å². The Bertz CT molecular complexity index is 1980. The lowest BCUT2D eigenvalue weighted by Gasteiger charge is -2.52. The predicted octanol–water partition coefficient (Wildman–Crippen LogP) is 5.51. The molecule has 0 spiro atoms. The van der Waals surface area contributed by atoms with Gasteiger partial charge in [0.2, 0.25) is 5.43 Å². The molecule has 3 aromatic carbocycles. The highest BCUT2D eigenvalue weighted by atomic mass is 19.1. The van der Waals surface area contributed by atoms with Gasteiger partial charge < -0.3 is 24.8 Å². The van der Waals surface area contributed by atoms with Crippen LogP contribution in [0, 0.1) is 18.6 Å². The fourth-order valence-electron chi connectivity index (χ4n) is 7.63. The van der Waals surface area contributed by atoms with Crippen LogP contribution in [0.3, 0.4) is 0 Å². The number of hydrazine groups is 1. The van der Waals surface area contributed by atoms with Crippen molar-refractivity contribution >= 4 is 39.8 Å². The van der Waals surface area contributed by atoms with Crippen molar-refractivity contribution in [2.75, 3.05) is 54.4 Å². The molecule has 3 fully saturated rings. The lowest BCUT2D eigenvalue weighted by molar-refractivity contribution is -0.0945. The summed E-state index contributed by atoms with van der Waals surface area (Å²) in [6.45, 7) is 10.1. The summed E-state index contributed by atoms with van der Waals surface area (Å²) in [7, 11) is 0. The maximum absolute atomic E-state index is 16.9. The number of hydrogen-bond donors (Lipinski definition) is 2. The van der Waals surface area contributed by atoms with Gasteiger partial charge in [-0.05, 0) is 57.4 Å². The molecule has 1 saturated carbocycles. The number of fused-ring (bicyclic) bond motifs is 1. The molecule has 0 radical (unpaired) electrons. The summed E-state index contributed by atoms with van der Waals surface area (Å²) in [6.07, 6.45) is 2.45. The number of amides is 1. The third kappa shape index (κ3) is 5.93. The lowest BCUT2D eigenvalue weighted by Crippen LogP contribution is -2.65. The van der Waals surface area contributed by atoms with Gasteiger partial charge in [0.25, 0.3) is 5.91 Å². The number of carboxylic acids is 1. The molecule has 10 nitrogen and oxygen atoms in total. The molecule has 2 aliphatic heterocycles. The van der Waals surface area contributed by atoms with Crippen LogP contribution in [0.15, 0.2) is 65.6 Å². The topological polar surface area (TPSA) is 101 Å². The number of nitrogens with zero attached hydrogens (tertiary/aromatic N) is 5. The van der Waals surface area contributed by atoms with E-state index >= 15 is 8.78 Å². The molecule has 1 aliphatic carbocycles. The second-order valence-corrected chi connectivity index (χ2v) is 13.4. The average molecular weight is 671 g/mol. The molecule has 7 rings (SSSR count). The molecule has 3 heterocycles. The third-order valence-electron chi connectivity index (χ3n) is 10.0. The Morgan fingerprint density at radius 1 is 0.857 bits per heavy atom. The number of halogens is 2. The minimum Gasteiger partial charge on any atom is -0.477 e. The number of pyridine rings is 1. The number of anilines is 3. The Balaban J connectivity index is 1.25. The number of rotatable bonds is 7.